The summed E-state index contributed by atoms with van der Waals surface area (Å²) in [6.45, 7) is 4.21. The van der Waals surface area contributed by atoms with Crippen molar-refractivity contribution in [3.8, 4) is 0 Å². The van der Waals surface area contributed by atoms with Gasteiger partial charge in [0.15, 0.2) is 6.10 Å². The van der Waals surface area contributed by atoms with Crippen LogP contribution < -0.4 is 4.89 Å². The van der Waals surface area contributed by atoms with Crippen molar-refractivity contribution in [2.45, 2.75) is 309 Å². The van der Waals surface area contributed by atoms with Gasteiger partial charge in [-0.1, -0.05) is 277 Å². The quantitative estimate of drug-likeness (QED) is 0.0256. The van der Waals surface area contributed by atoms with Crippen LogP contribution >= 0.6 is 7.82 Å². The maximum Gasteiger partial charge on any atom is 0.306 e. The fraction of sp³-hybridized carbons (Fsp3) is 0.965. The van der Waals surface area contributed by atoms with Crippen molar-refractivity contribution in [1.82, 2.24) is 0 Å². The van der Waals surface area contributed by atoms with Gasteiger partial charge in [0.05, 0.1) is 27.7 Å². The van der Waals surface area contributed by atoms with Crippen LogP contribution in [-0.2, 0) is 32.7 Å². The monoisotopic (exact) mass is 972 g/mol. The van der Waals surface area contributed by atoms with E-state index in [1.807, 2.05) is 21.1 Å². The molecule has 0 heterocycles. The highest BCUT2D eigenvalue weighted by Crippen LogP contribution is 2.38. The molecule has 2 atom stereocenters. The van der Waals surface area contributed by atoms with E-state index in [1.165, 1.54) is 231 Å². The molecule has 0 aliphatic carbocycles. The number of phosphoric acid groups is 1. The Morgan fingerprint density at radius 2 is 0.672 bits per heavy atom. The lowest BCUT2D eigenvalue weighted by Gasteiger charge is -2.28. The second kappa shape index (κ2) is 50.0. The van der Waals surface area contributed by atoms with E-state index in [-0.39, 0.29) is 32.0 Å². The van der Waals surface area contributed by atoms with Crippen molar-refractivity contribution in [3.63, 3.8) is 0 Å². The normalized spacial score (nSPS) is 13.2. The molecule has 0 radical (unpaired) electrons. The van der Waals surface area contributed by atoms with Gasteiger partial charge in [0, 0.05) is 12.8 Å². The summed E-state index contributed by atoms with van der Waals surface area (Å²) in [6.07, 6.45) is 56.7. The topological polar surface area (TPSA) is 111 Å². The maximum atomic E-state index is 12.7. The van der Waals surface area contributed by atoms with Crippen LogP contribution in [0.1, 0.15) is 303 Å². The molecular formula is C57H114NO8P. The van der Waals surface area contributed by atoms with Gasteiger partial charge >= 0.3 is 11.9 Å². The van der Waals surface area contributed by atoms with Gasteiger partial charge in [0.1, 0.15) is 19.8 Å². The standard InChI is InChI=1S/C57H114NO8P/c1-6-8-10-12-14-15-16-17-18-19-20-21-22-23-24-25-26-27-28-29-30-31-32-33-34-35-36-37-38-39-40-41-42-43-44-46-48-50-57(60)66-55(53-63-56(59)49-47-45-13-11-9-7-2)54-65-67(61,62)64-52-51-58(3,4)5/h55H,6-54H2,1-5H3. The number of ether oxygens (including phenoxy) is 2. The summed E-state index contributed by atoms with van der Waals surface area (Å²) in [5.41, 5.74) is 0. The molecule has 0 aliphatic heterocycles. The van der Waals surface area contributed by atoms with E-state index in [4.69, 9.17) is 18.5 Å². The molecule has 67 heavy (non-hydrogen) atoms. The zero-order valence-corrected chi connectivity index (χ0v) is 46.3. The second-order valence-corrected chi connectivity index (χ2v) is 22.8. The zero-order chi connectivity index (χ0) is 49.2. The predicted molar refractivity (Wildman–Crippen MR) is 282 cm³/mol. The molecule has 0 rings (SSSR count). The third kappa shape index (κ3) is 54.2. The van der Waals surface area contributed by atoms with Crippen LogP contribution in [-0.4, -0.2) is 70.0 Å². The molecule has 0 bridgehead atoms. The first-order valence-corrected chi connectivity index (χ1v) is 30.7. The number of esters is 2. The van der Waals surface area contributed by atoms with E-state index >= 15 is 0 Å². The Balaban J connectivity index is 3.72. The summed E-state index contributed by atoms with van der Waals surface area (Å²) in [7, 11) is 1.18. The molecular weight excluding hydrogens is 858 g/mol. The van der Waals surface area contributed by atoms with Gasteiger partial charge in [-0.15, -0.1) is 0 Å². The average Bonchev–Trinajstić information content (AvgIpc) is 3.29. The molecule has 9 nitrogen and oxygen atoms in total. The number of hydrogen-bond acceptors (Lipinski definition) is 8. The summed E-state index contributed by atoms with van der Waals surface area (Å²) >= 11 is 0. The fourth-order valence-corrected chi connectivity index (χ4v) is 9.57. The number of carbonyl (C=O) groups is 2. The summed E-state index contributed by atoms with van der Waals surface area (Å²) in [5.74, 6) is -0.827. The van der Waals surface area contributed by atoms with Crippen LogP contribution in [0.2, 0.25) is 0 Å². The van der Waals surface area contributed by atoms with E-state index < -0.39 is 26.5 Å². The molecule has 0 saturated carbocycles. The SMILES string of the molecule is CCCCCCCCCCCCCCCCCCCCCCCCCCCCCCCCCCCCCCCC(=O)OC(COC(=O)CCCCCCCC)COP(=O)([O-])OCC[N+](C)(C)C. The number of likely N-dealkylation sites (N-methyl/N-ethyl adjacent to an activating group) is 1. The first-order valence-electron chi connectivity index (χ1n) is 29.2. The van der Waals surface area contributed by atoms with Gasteiger partial charge in [-0.3, -0.25) is 14.2 Å². The molecule has 0 aliphatic rings. The van der Waals surface area contributed by atoms with Gasteiger partial charge in [-0.05, 0) is 12.8 Å². The summed E-state index contributed by atoms with van der Waals surface area (Å²) in [6, 6.07) is 0. The highest BCUT2D eigenvalue weighted by atomic mass is 31.2. The number of quaternary nitrogens is 1. The van der Waals surface area contributed by atoms with E-state index in [2.05, 4.69) is 13.8 Å². The van der Waals surface area contributed by atoms with Crippen LogP contribution in [0.5, 0.6) is 0 Å². The highest BCUT2D eigenvalue weighted by molar-refractivity contribution is 7.45. The number of unbranched alkanes of at least 4 members (excludes halogenated alkanes) is 41. The number of hydrogen-bond donors (Lipinski definition) is 0. The number of rotatable bonds is 55. The van der Waals surface area contributed by atoms with Crippen molar-refractivity contribution >= 4 is 19.8 Å². The Labute approximate surface area is 416 Å². The Morgan fingerprint density at radius 1 is 0.403 bits per heavy atom. The van der Waals surface area contributed by atoms with E-state index in [9.17, 15) is 19.0 Å². The minimum Gasteiger partial charge on any atom is -0.756 e. The first-order chi connectivity index (χ1) is 32.5. The van der Waals surface area contributed by atoms with Gasteiger partial charge in [0.25, 0.3) is 7.82 Å². The molecule has 0 amide bonds. The summed E-state index contributed by atoms with van der Waals surface area (Å²) in [5, 5.41) is 0. The van der Waals surface area contributed by atoms with Crippen molar-refractivity contribution in [2.75, 3.05) is 47.5 Å². The molecule has 0 aromatic carbocycles. The minimum absolute atomic E-state index is 0.0260. The van der Waals surface area contributed by atoms with Gasteiger partial charge in [-0.2, -0.15) is 0 Å². The Bertz CT molecular complexity index is 1100. The van der Waals surface area contributed by atoms with Crippen molar-refractivity contribution < 1.29 is 42.1 Å². The molecule has 0 spiro atoms. The maximum absolute atomic E-state index is 12.7. The molecule has 0 saturated heterocycles. The summed E-state index contributed by atoms with van der Waals surface area (Å²) in [4.78, 5) is 37.4. The van der Waals surface area contributed by atoms with Gasteiger partial charge < -0.3 is 27.9 Å². The molecule has 0 aromatic rings. The van der Waals surface area contributed by atoms with E-state index in [1.54, 1.807) is 0 Å². The largest absolute Gasteiger partial charge is 0.756 e. The van der Waals surface area contributed by atoms with E-state index in [0.717, 1.165) is 38.5 Å². The number of carbonyl (C=O) groups excluding carboxylic acids is 2. The van der Waals surface area contributed by atoms with Gasteiger partial charge in [0.2, 0.25) is 0 Å². The minimum atomic E-state index is -4.61. The average molecular weight is 973 g/mol. The Kier molecular flexibility index (Phi) is 49.2. The molecule has 2 unspecified atom stereocenters. The Morgan fingerprint density at radius 3 is 0.955 bits per heavy atom. The fourth-order valence-electron chi connectivity index (χ4n) is 8.84. The smallest absolute Gasteiger partial charge is 0.306 e. The van der Waals surface area contributed by atoms with Crippen LogP contribution in [0.3, 0.4) is 0 Å². The van der Waals surface area contributed by atoms with Gasteiger partial charge in [-0.25, -0.2) is 0 Å². The van der Waals surface area contributed by atoms with Crippen LogP contribution in [0, 0.1) is 0 Å². The second-order valence-electron chi connectivity index (χ2n) is 21.4. The molecule has 400 valence electrons. The molecule has 0 aromatic heterocycles. The van der Waals surface area contributed by atoms with Crippen molar-refractivity contribution in [2.24, 2.45) is 0 Å². The first kappa shape index (κ1) is 66.0. The lowest BCUT2D eigenvalue weighted by molar-refractivity contribution is -0.870. The zero-order valence-electron chi connectivity index (χ0n) is 45.4. The number of phosphoric ester groups is 1. The molecule has 10 heteroatoms. The van der Waals surface area contributed by atoms with Crippen LogP contribution in [0.15, 0.2) is 0 Å². The lowest BCUT2D eigenvalue weighted by atomic mass is 10.0. The van der Waals surface area contributed by atoms with E-state index in [0.29, 0.717) is 17.4 Å². The third-order valence-electron chi connectivity index (χ3n) is 13.4. The predicted octanol–water partition coefficient (Wildman–Crippen LogP) is 17.2. The van der Waals surface area contributed by atoms with Crippen LogP contribution in [0.4, 0.5) is 0 Å². The Hall–Kier alpha value is -0.990. The third-order valence-corrected chi connectivity index (χ3v) is 14.3. The van der Waals surface area contributed by atoms with Crippen molar-refractivity contribution in [3.05, 3.63) is 0 Å². The van der Waals surface area contributed by atoms with Crippen LogP contribution in [0.25, 0.3) is 0 Å². The molecule has 0 fully saturated rings. The molecule has 0 N–H and O–H groups in total. The van der Waals surface area contributed by atoms with Crippen molar-refractivity contribution in [1.29, 1.82) is 0 Å². The number of nitrogens with zero attached hydrogens (tertiary/aromatic N) is 1. The summed E-state index contributed by atoms with van der Waals surface area (Å²) < 4.78 is 33.8. The highest BCUT2D eigenvalue weighted by Gasteiger charge is 2.22. The lowest BCUT2D eigenvalue weighted by Crippen LogP contribution is -2.37.